The highest BCUT2D eigenvalue weighted by atomic mass is 16.5. The van der Waals surface area contributed by atoms with Gasteiger partial charge in [-0.05, 0) is 32.4 Å². The van der Waals surface area contributed by atoms with Gasteiger partial charge in [-0.15, -0.1) is 0 Å². The standard InChI is InChI=1S/C18H28N4O3/c1-3-19-18(21-11-13-24-4-2)20-10-7-12-22-15-8-5-6-9-16(15)25-14-17(22)23/h5-6,8-9H,3-4,7,10-14H2,1-2H3,(H2,19,20,21). The summed E-state index contributed by atoms with van der Waals surface area (Å²) < 4.78 is 10.8. The lowest BCUT2D eigenvalue weighted by Crippen LogP contribution is -2.40. The van der Waals surface area contributed by atoms with Crippen LogP contribution in [0.1, 0.15) is 20.3 Å². The Hall–Kier alpha value is -2.28. The van der Waals surface area contributed by atoms with E-state index in [0.717, 1.165) is 36.9 Å². The van der Waals surface area contributed by atoms with Gasteiger partial charge < -0.3 is 25.0 Å². The summed E-state index contributed by atoms with van der Waals surface area (Å²) in [6.45, 7) is 8.25. The van der Waals surface area contributed by atoms with Crippen LogP contribution in [0.25, 0.3) is 0 Å². The van der Waals surface area contributed by atoms with Crippen molar-refractivity contribution >= 4 is 17.6 Å². The van der Waals surface area contributed by atoms with E-state index in [0.29, 0.717) is 26.3 Å². The van der Waals surface area contributed by atoms with Gasteiger partial charge in [0.25, 0.3) is 5.91 Å². The van der Waals surface area contributed by atoms with Crippen LogP contribution in [-0.2, 0) is 9.53 Å². The van der Waals surface area contributed by atoms with Crippen molar-refractivity contribution in [1.82, 2.24) is 10.6 Å². The zero-order valence-electron chi connectivity index (χ0n) is 15.1. The maximum atomic E-state index is 12.1. The van der Waals surface area contributed by atoms with Gasteiger partial charge in [0.15, 0.2) is 12.6 Å². The molecule has 0 spiro atoms. The van der Waals surface area contributed by atoms with Crippen molar-refractivity contribution in [2.24, 2.45) is 4.99 Å². The molecule has 0 saturated heterocycles. The molecule has 0 aliphatic carbocycles. The highest BCUT2D eigenvalue weighted by Gasteiger charge is 2.24. The minimum absolute atomic E-state index is 0.00979. The zero-order chi connectivity index (χ0) is 17.9. The fourth-order valence-corrected chi connectivity index (χ4v) is 2.55. The van der Waals surface area contributed by atoms with Gasteiger partial charge in [-0.1, -0.05) is 12.1 Å². The van der Waals surface area contributed by atoms with E-state index in [1.165, 1.54) is 0 Å². The molecule has 0 unspecified atom stereocenters. The largest absolute Gasteiger partial charge is 0.482 e. The average molecular weight is 348 g/mol. The number of ether oxygens (including phenoxy) is 2. The molecule has 2 N–H and O–H groups in total. The van der Waals surface area contributed by atoms with Crippen LogP contribution in [0.5, 0.6) is 5.75 Å². The van der Waals surface area contributed by atoms with Crippen LogP contribution in [0.4, 0.5) is 5.69 Å². The summed E-state index contributed by atoms with van der Waals surface area (Å²) in [4.78, 5) is 18.4. The van der Waals surface area contributed by atoms with Gasteiger partial charge in [0.1, 0.15) is 5.75 Å². The Labute approximate surface area is 149 Å². The number of anilines is 1. The zero-order valence-corrected chi connectivity index (χ0v) is 15.1. The first kappa shape index (κ1) is 19.1. The molecule has 0 fully saturated rings. The van der Waals surface area contributed by atoms with Gasteiger partial charge in [0, 0.05) is 32.8 Å². The number of rotatable bonds is 9. The van der Waals surface area contributed by atoms with E-state index < -0.39 is 0 Å². The first-order valence-electron chi connectivity index (χ1n) is 8.88. The van der Waals surface area contributed by atoms with Gasteiger partial charge in [-0.25, -0.2) is 0 Å². The molecule has 0 atom stereocenters. The van der Waals surface area contributed by atoms with Crippen molar-refractivity contribution in [3.8, 4) is 5.75 Å². The molecule has 0 aromatic heterocycles. The number of fused-ring (bicyclic) bond motifs is 1. The SMILES string of the molecule is CCNC(=NCCCN1C(=O)COc2ccccc21)NCCOCC. The smallest absolute Gasteiger partial charge is 0.265 e. The number of hydrogen-bond donors (Lipinski definition) is 2. The third kappa shape index (κ3) is 5.94. The molecule has 7 heteroatoms. The van der Waals surface area contributed by atoms with Crippen LogP contribution < -0.4 is 20.3 Å². The van der Waals surface area contributed by atoms with Crippen LogP contribution in [0.3, 0.4) is 0 Å². The van der Waals surface area contributed by atoms with Crippen molar-refractivity contribution in [2.75, 3.05) is 50.9 Å². The van der Waals surface area contributed by atoms with Crippen molar-refractivity contribution in [3.63, 3.8) is 0 Å². The van der Waals surface area contributed by atoms with E-state index in [2.05, 4.69) is 15.6 Å². The lowest BCUT2D eigenvalue weighted by molar-refractivity contribution is -0.121. The molecule has 1 aliphatic rings. The van der Waals surface area contributed by atoms with Crippen molar-refractivity contribution in [3.05, 3.63) is 24.3 Å². The summed E-state index contributed by atoms with van der Waals surface area (Å²) in [5.41, 5.74) is 0.837. The molecule has 25 heavy (non-hydrogen) atoms. The topological polar surface area (TPSA) is 75.2 Å². The lowest BCUT2D eigenvalue weighted by atomic mass is 10.2. The van der Waals surface area contributed by atoms with E-state index in [-0.39, 0.29) is 12.5 Å². The van der Waals surface area contributed by atoms with Gasteiger partial charge >= 0.3 is 0 Å². The maximum Gasteiger partial charge on any atom is 0.265 e. The summed E-state index contributed by atoms with van der Waals surface area (Å²) in [5, 5.41) is 6.44. The number of amides is 1. The Morgan fingerprint density at radius 2 is 2.16 bits per heavy atom. The Kier molecular flexibility index (Phi) is 8.04. The maximum absolute atomic E-state index is 12.1. The fourth-order valence-electron chi connectivity index (χ4n) is 2.55. The molecule has 1 heterocycles. The Balaban J connectivity index is 1.83. The number of guanidine groups is 1. The summed E-state index contributed by atoms with van der Waals surface area (Å²) in [7, 11) is 0. The predicted octanol–water partition coefficient (Wildman–Crippen LogP) is 1.39. The van der Waals surface area contributed by atoms with Gasteiger partial charge in [-0.2, -0.15) is 0 Å². The van der Waals surface area contributed by atoms with Crippen LogP contribution in [0.15, 0.2) is 29.3 Å². The molecule has 2 rings (SSSR count). The number of hydrogen-bond acceptors (Lipinski definition) is 4. The number of para-hydroxylation sites is 2. The van der Waals surface area contributed by atoms with Crippen molar-refractivity contribution < 1.29 is 14.3 Å². The molecule has 138 valence electrons. The summed E-state index contributed by atoms with van der Waals surface area (Å²) in [5.74, 6) is 1.52. The lowest BCUT2D eigenvalue weighted by Gasteiger charge is -2.29. The summed E-state index contributed by atoms with van der Waals surface area (Å²) >= 11 is 0. The molecule has 0 radical (unpaired) electrons. The molecule has 1 aromatic rings. The Bertz CT molecular complexity index is 577. The van der Waals surface area contributed by atoms with Crippen LogP contribution in [0.2, 0.25) is 0 Å². The first-order valence-corrected chi connectivity index (χ1v) is 8.88. The van der Waals surface area contributed by atoms with E-state index in [4.69, 9.17) is 9.47 Å². The van der Waals surface area contributed by atoms with E-state index in [1.807, 2.05) is 38.1 Å². The number of carbonyl (C=O) groups is 1. The second kappa shape index (κ2) is 10.6. The molecule has 1 amide bonds. The normalized spacial score (nSPS) is 14.1. The van der Waals surface area contributed by atoms with Crippen molar-refractivity contribution in [2.45, 2.75) is 20.3 Å². The van der Waals surface area contributed by atoms with Gasteiger partial charge in [-0.3, -0.25) is 9.79 Å². The third-order valence-corrected chi connectivity index (χ3v) is 3.71. The third-order valence-electron chi connectivity index (χ3n) is 3.71. The van der Waals surface area contributed by atoms with Gasteiger partial charge in [0.05, 0.1) is 12.3 Å². The van der Waals surface area contributed by atoms with E-state index in [9.17, 15) is 4.79 Å². The predicted molar refractivity (Wildman–Crippen MR) is 99.4 cm³/mol. The fraction of sp³-hybridized carbons (Fsp3) is 0.556. The monoisotopic (exact) mass is 348 g/mol. The average Bonchev–Trinajstić information content (AvgIpc) is 2.63. The Morgan fingerprint density at radius 3 is 2.96 bits per heavy atom. The number of aliphatic imine (C=N–C) groups is 1. The second-order valence-corrected chi connectivity index (χ2v) is 5.54. The van der Waals surface area contributed by atoms with E-state index >= 15 is 0 Å². The minimum atomic E-state index is -0.00979. The molecule has 1 aromatic carbocycles. The van der Waals surface area contributed by atoms with Crippen molar-refractivity contribution in [1.29, 1.82) is 0 Å². The first-order chi connectivity index (χ1) is 12.3. The van der Waals surface area contributed by atoms with Crippen LogP contribution in [-0.4, -0.2) is 57.9 Å². The summed E-state index contributed by atoms with van der Waals surface area (Å²) in [6.07, 6.45) is 0.780. The van der Waals surface area contributed by atoms with E-state index in [1.54, 1.807) is 4.90 Å². The number of nitrogens with one attached hydrogen (secondary N) is 2. The van der Waals surface area contributed by atoms with Gasteiger partial charge in [0.2, 0.25) is 0 Å². The number of carbonyl (C=O) groups excluding carboxylic acids is 1. The van der Waals surface area contributed by atoms with Crippen LogP contribution >= 0.6 is 0 Å². The quantitative estimate of drug-likeness (QED) is 0.401. The number of nitrogens with zero attached hydrogens (tertiary/aromatic N) is 2. The summed E-state index contributed by atoms with van der Waals surface area (Å²) in [6, 6.07) is 7.62. The molecule has 0 saturated carbocycles. The molecular weight excluding hydrogens is 320 g/mol. The van der Waals surface area contributed by atoms with Crippen LogP contribution in [0, 0.1) is 0 Å². The number of benzene rings is 1. The second-order valence-electron chi connectivity index (χ2n) is 5.54. The Morgan fingerprint density at radius 1 is 1.32 bits per heavy atom. The molecule has 0 bridgehead atoms. The molecular formula is C18H28N4O3. The minimum Gasteiger partial charge on any atom is -0.482 e. The highest BCUT2D eigenvalue weighted by Crippen LogP contribution is 2.31. The molecule has 1 aliphatic heterocycles. The molecule has 7 nitrogen and oxygen atoms in total. The highest BCUT2D eigenvalue weighted by molar-refractivity contribution is 5.97.